The molecular formula is C23H27FN2O4. The molecule has 2 aromatic carbocycles. The predicted octanol–water partition coefficient (Wildman–Crippen LogP) is 2.55. The molecule has 0 radical (unpaired) electrons. The average Bonchev–Trinajstić information content (AvgIpc) is 2.72. The molecule has 0 bridgehead atoms. The maximum absolute atomic E-state index is 13.5. The predicted molar refractivity (Wildman–Crippen MR) is 111 cm³/mol. The number of carbonyl (C=O) groups excluding carboxylic acids is 3. The number of methoxy groups -OCH3 is 1. The minimum absolute atomic E-state index is 0.0983. The van der Waals surface area contributed by atoms with Crippen LogP contribution in [-0.4, -0.2) is 37.0 Å². The fourth-order valence-corrected chi connectivity index (χ4v) is 3.17. The number of nitrogens with one attached hydrogen (secondary N) is 2. The monoisotopic (exact) mass is 414 g/mol. The molecule has 0 heterocycles. The molecule has 0 aliphatic heterocycles. The Balaban J connectivity index is 2.03. The molecule has 7 heteroatoms. The van der Waals surface area contributed by atoms with Crippen LogP contribution in [0.15, 0.2) is 54.6 Å². The molecule has 6 nitrogen and oxygen atoms in total. The molecule has 0 saturated carbocycles. The lowest BCUT2D eigenvalue weighted by Crippen LogP contribution is -2.52. The third-order valence-electron chi connectivity index (χ3n) is 4.63. The van der Waals surface area contributed by atoms with Gasteiger partial charge in [0.05, 0.1) is 7.11 Å². The summed E-state index contributed by atoms with van der Waals surface area (Å²) >= 11 is 0. The summed E-state index contributed by atoms with van der Waals surface area (Å²) in [6, 6.07) is 13.9. The van der Waals surface area contributed by atoms with Gasteiger partial charge in [-0.05, 0) is 42.5 Å². The van der Waals surface area contributed by atoms with Crippen LogP contribution in [0.25, 0.3) is 0 Å². The fraction of sp³-hybridized carbons (Fsp3) is 0.348. The molecule has 0 unspecified atom stereocenters. The normalized spacial score (nSPS) is 12.5. The largest absolute Gasteiger partial charge is 0.467 e. The van der Waals surface area contributed by atoms with Gasteiger partial charge in [-0.25, -0.2) is 9.18 Å². The molecule has 160 valence electrons. The Bertz CT molecular complexity index is 857. The van der Waals surface area contributed by atoms with E-state index in [4.69, 9.17) is 4.74 Å². The van der Waals surface area contributed by atoms with Crippen molar-refractivity contribution in [1.82, 2.24) is 10.6 Å². The number of esters is 1. The van der Waals surface area contributed by atoms with Crippen molar-refractivity contribution in [2.45, 2.75) is 44.7 Å². The van der Waals surface area contributed by atoms with Crippen LogP contribution in [0.5, 0.6) is 0 Å². The van der Waals surface area contributed by atoms with Crippen molar-refractivity contribution in [3.05, 3.63) is 71.5 Å². The van der Waals surface area contributed by atoms with E-state index in [9.17, 15) is 18.8 Å². The van der Waals surface area contributed by atoms with Crippen molar-refractivity contribution >= 4 is 17.8 Å². The lowest BCUT2D eigenvalue weighted by Gasteiger charge is -2.22. The van der Waals surface area contributed by atoms with Crippen molar-refractivity contribution < 1.29 is 23.5 Å². The van der Waals surface area contributed by atoms with Crippen LogP contribution in [0.2, 0.25) is 0 Å². The first kappa shape index (κ1) is 23.1. The quantitative estimate of drug-likeness (QED) is 0.585. The standard InChI is InChI=1S/C23H27FN2O4/c1-16(27)25-21(15-18-11-6-12-19(24)14-18)22(28)26-20(23(29)30-2)13-7-10-17-8-4-3-5-9-17/h3-6,8-9,11-12,14,20-21H,7,10,13,15H2,1-2H3,(H,25,27)(H,26,28)/t20-,21+/m1/s1. The van der Waals surface area contributed by atoms with Crippen molar-refractivity contribution in [2.75, 3.05) is 7.11 Å². The summed E-state index contributed by atoms with van der Waals surface area (Å²) in [5.41, 5.74) is 1.69. The highest BCUT2D eigenvalue weighted by molar-refractivity contribution is 5.90. The second-order valence-electron chi connectivity index (χ2n) is 7.05. The van der Waals surface area contributed by atoms with E-state index in [0.717, 1.165) is 12.0 Å². The van der Waals surface area contributed by atoms with Gasteiger partial charge < -0.3 is 15.4 Å². The molecule has 2 atom stereocenters. The van der Waals surface area contributed by atoms with E-state index >= 15 is 0 Å². The van der Waals surface area contributed by atoms with Gasteiger partial charge in [-0.2, -0.15) is 0 Å². The summed E-state index contributed by atoms with van der Waals surface area (Å²) < 4.78 is 18.3. The summed E-state index contributed by atoms with van der Waals surface area (Å²) in [5, 5.41) is 5.24. The molecule has 2 rings (SSSR count). The molecule has 0 saturated heterocycles. The second kappa shape index (κ2) is 11.7. The van der Waals surface area contributed by atoms with Gasteiger partial charge in [0.1, 0.15) is 17.9 Å². The maximum atomic E-state index is 13.5. The smallest absolute Gasteiger partial charge is 0.328 e. The van der Waals surface area contributed by atoms with Crippen molar-refractivity contribution in [1.29, 1.82) is 0 Å². The van der Waals surface area contributed by atoms with Gasteiger partial charge in [-0.15, -0.1) is 0 Å². The van der Waals surface area contributed by atoms with Gasteiger partial charge in [-0.3, -0.25) is 9.59 Å². The van der Waals surface area contributed by atoms with Crippen molar-refractivity contribution in [3.8, 4) is 0 Å². The van der Waals surface area contributed by atoms with Crippen LogP contribution in [0.4, 0.5) is 4.39 Å². The Hall–Kier alpha value is -3.22. The number of hydrogen-bond acceptors (Lipinski definition) is 4. The van der Waals surface area contributed by atoms with Crippen LogP contribution < -0.4 is 10.6 Å². The summed E-state index contributed by atoms with van der Waals surface area (Å²) in [4.78, 5) is 36.5. The average molecular weight is 414 g/mol. The topological polar surface area (TPSA) is 84.5 Å². The minimum Gasteiger partial charge on any atom is -0.467 e. The molecule has 0 spiro atoms. The first-order valence-electron chi connectivity index (χ1n) is 9.82. The molecule has 0 aliphatic carbocycles. The van der Waals surface area contributed by atoms with Crippen LogP contribution >= 0.6 is 0 Å². The van der Waals surface area contributed by atoms with Gasteiger partial charge in [0, 0.05) is 13.3 Å². The lowest BCUT2D eigenvalue weighted by molar-refractivity contribution is -0.145. The third kappa shape index (κ3) is 7.66. The fourth-order valence-electron chi connectivity index (χ4n) is 3.17. The van der Waals surface area contributed by atoms with Crippen LogP contribution in [0, 0.1) is 5.82 Å². The van der Waals surface area contributed by atoms with Crippen LogP contribution in [0.3, 0.4) is 0 Å². The number of hydrogen-bond donors (Lipinski definition) is 2. The summed E-state index contributed by atoms with van der Waals surface area (Å²) in [6.45, 7) is 1.30. The molecule has 2 amide bonds. The summed E-state index contributed by atoms with van der Waals surface area (Å²) in [7, 11) is 1.26. The van der Waals surface area contributed by atoms with Crippen molar-refractivity contribution in [3.63, 3.8) is 0 Å². The minimum atomic E-state index is -0.939. The van der Waals surface area contributed by atoms with E-state index in [1.807, 2.05) is 30.3 Å². The highest BCUT2D eigenvalue weighted by Gasteiger charge is 2.26. The van der Waals surface area contributed by atoms with Gasteiger partial charge in [0.2, 0.25) is 11.8 Å². The molecular weight excluding hydrogens is 387 g/mol. The SMILES string of the molecule is COC(=O)[C@@H](CCCc1ccccc1)NC(=O)[C@H](Cc1cccc(F)c1)NC(C)=O. The van der Waals surface area contributed by atoms with E-state index in [1.165, 1.54) is 32.2 Å². The van der Waals surface area contributed by atoms with Gasteiger partial charge in [-0.1, -0.05) is 42.5 Å². The maximum Gasteiger partial charge on any atom is 0.328 e. The zero-order valence-corrected chi connectivity index (χ0v) is 17.2. The third-order valence-corrected chi connectivity index (χ3v) is 4.63. The first-order chi connectivity index (χ1) is 14.4. The number of ether oxygens (including phenoxy) is 1. The van der Waals surface area contributed by atoms with E-state index in [0.29, 0.717) is 18.4 Å². The van der Waals surface area contributed by atoms with E-state index in [2.05, 4.69) is 10.6 Å². The zero-order valence-electron chi connectivity index (χ0n) is 17.2. The Morgan fingerprint density at radius 1 is 0.967 bits per heavy atom. The molecule has 2 aromatic rings. The summed E-state index contributed by atoms with van der Waals surface area (Å²) in [6.07, 6.45) is 1.91. The van der Waals surface area contributed by atoms with Gasteiger partial charge in [0.25, 0.3) is 0 Å². The Labute approximate surface area is 175 Å². The first-order valence-corrected chi connectivity index (χ1v) is 9.82. The molecule has 0 aliphatic rings. The van der Waals surface area contributed by atoms with E-state index in [1.54, 1.807) is 6.07 Å². The Morgan fingerprint density at radius 2 is 1.67 bits per heavy atom. The number of carbonyl (C=O) groups is 3. The van der Waals surface area contributed by atoms with Gasteiger partial charge in [0.15, 0.2) is 0 Å². The lowest BCUT2D eigenvalue weighted by atomic mass is 10.0. The zero-order chi connectivity index (χ0) is 21.9. The Kier molecular flexibility index (Phi) is 9.00. The number of amides is 2. The molecule has 2 N–H and O–H groups in total. The second-order valence-corrected chi connectivity index (χ2v) is 7.05. The number of aryl methyl sites for hydroxylation is 1. The van der Waals surface area contributed by atoms with E-state index < -0.39 is 35.7 Å². The number of rotatable bonds is 10. The molecule has 0 aromatic heterocycles. The van der Waals surface area contributed by atoms with E-state index in [-0.39, 0.29) is 6.42 Å². The number of benzene rings is 2. The molecule has 30 heavy (non-hydrogen) atoms. The summed E-state index contributed by atoms with van der Waals surface area (Å²) in [5.74, 6) is -1.90. The van der Waals surface area contributed by atoms with Crippen LogP contribution in [0.1, 0.15) is 30.9 Å². The van der Waals surface area contributed by atoms with Crippen LogP contribution in [-0.2, 0) is 32.0 Å². The highest BCUT2D eigenvalue weighted by Crippen LogP contribution is 2.10. The Morgan fingerprint density at radius 3 is 2.30 bits per heavy atom. The molecule has 0 fully saturated rings. The highest BCUT2D eigenvalue weighted by atomic mass is 19.1. The number of halogens is 1. The van der Waals surface area contributed by atoms with Crippen molar-refractivity contribution in [2.24, 2.45) is 0 Å². The van der Waals surface area contributed by atoms with Gasteiger partial charge >= 0.3 is 5.97 Å².